The number of nitrogens with two attached hydrogens (primary N) is 1. The topological polar surface area (TPSA) is 53.6 Å². The molecule has 88 valence electrons. The lowest BCUT2D eigenvalue weighted by Gasteiger charge is -2.28. The first-order valence-corrected chi connectivity index (χ1v) is 5.67. The summed E-state index contributed by atoms with van der Waals surface area (Å²) in [6.07, 6.45) is 2.37. The number of likely N-dealkylation sites (N-methyl/N-ethyl adjacent to an activating group) is 1. The van der Waals surface area contributed by atoms with Gasteiger partial charge in [-0.1, -0.05) is 0 Å². The number of guanidine groups is 1. The lowest BCUT2D eigenvalue weighted by Crippen LogP contribution is -2.46. The molecule has 0 aromatic heterocycles. The van der Waals surface area contributed by atoms with Crippen molar-refractivity contribution < 1.29 is 0 Å². The molecule has 1 aliphatic heterocycles. The Morgan fingerprint density at radius 2 is 2.13 bits per heavy atom. The highest BCUT2D eigenvalue weighted by molar-refractivity contribution is 5.78. The van der Waals surface area contributed by atoms with Crippen molar-refractivity contribution in [2.45, 2.75) is 45.2 Å². The number of rotatable bonds is 1. The van der Waals surface area contributed by atoms with Crippen molar-refractivity contribution in [3.8, 4) is 0 Å². The van der Waals surface area contributed by atoms with Crippen molar-refractivity contribution in [3.05, 3.63) is 0 Å². The summed E-state index contributed by atoms with van der Waals surface area (Å²) in [7, 11) is 2.13. The third-order valence-electron chi connectivity index (χ3n) is 2.42. The molecule has 0 amide bonds. The van der Waals surface area contributed by atoms with Gasteiger partial charge in [-0.3, -0.25) is 0 Å². The fraction of sp³-hybridized carbons (Fsp3) is 0.909. The molecule has 0 aromatic carbocycles. The third kappa shape index (κ3) is 5.02. The second-order valence-electron chi connectivity index (χ2n) is 5.45. The van der Waals surface area contributed by atoms with Crippen LogP contribution in [-0.2, 0) is 0 Å². The van der Waals surface area contributed by atoms with Crippen LogP contribution in [0.2, 0.25) is 0 Å². The van der Waals surface area contributed by atoms with Gasteiger partial charge in [-0.15, -0.1) is 0 Å². The molecule has 1 aliphatic rings. The first-order chi connectivity index (χ1) is 6.87. The van der Waals surface area contributed by atoms with Crippen molar-refractivity contribution >= 4 is 5.96 Å². The van der Waals surface area contributed by atoms with E-state index >= 15 is 0 Å². The highest BCUT2D eigenvalue weighted by Gasteiger charge is 2.17. The zero-order valence-electron chi connectivity index (χ0n) is 10.4. The molecule has 0 aromatic rings. The van der Waals surface area contributed by atoms with Gasteiger partial charge >= 0.3 is 0 Å². The Balaban J connectivity index is 2.47. The monoisotopic (exact) mass is 212 g/mol. The van der Waals surface area contributed by atoms with E-state index in [0.29, 0.717) is 12.0 Å². The maximum absolute atomic E-state index is 5.86. The SMILES string of the molecule is CN1CCCC(N=C(N)NC(C)(C)C)C1. The van der Waals surface area contributed by atoms with E-state index in [1.807, 2.05) is 0 Å². The summed E-state index contributed by atoms with van der Waals surface area (Å²) in [5.41, 5.74) is 5.85. The highest BCUT2D eigenvalue weighted by Crippen LogP contribution is 2.11. The molecule has 4 heteroatoms. The highest BCUT2D eigenvalue weighted by atomic mass is 15.2. The molecule has 0 bridgehead atoms. The standard InChI is InChI=1S/C11H24N4/c1-11(2,3)14-10(12)13-9-6-5-7-15(4)8-9/h9H,5-8H2,1-4H3,(H3,12,13,14). The molecule has 1 heterocycles. The van der Waals surface area contributed by atoms with Crippen molar-refractivity contribution in [3.63, 3.8) is 0 Å². The van der Waals surface area contributed by atoms with Crippen LogP contribution in [-0.4, -0.2) is 42.6 Å². The van der Waals surface area contributed by atoms with Crippen LogP contribution in [0.25, 0.3) is 0 Å². The number of aliphatic imine (C=N–C) groups is 1. The second-order valence-corrected chi connectivity index (χ2v) is 5.45. The third-order valence-corrected chi connectivity index (χ3v) is 2.42. The maximum Gasteiger partial charge on any atom is 0.189 e. The predicted octanol–water partition coefficient (Wildman–Crippen LogP) is 0.783. The van der Waals surface area contributed by atoms with E-state index in [-0.39, 0.29) is 5.54 Å². The molecule has 1 unspecified atom stereocenters. The first-order valence-electron chi connectivity index (χ1n) is 5.67. The fourth-order valence-electron chi connectivity index (χ4n) is 1.86. The average molecular weight is 212 g/mol. The van der Waals surface area contributed by atoms with E-state index in [1.54, 1.807) is 0 Å². The number of nitrogens with one attached hydrogen (secondary N) is 1. The molecule has 1 fully saturated rings. The van der Waals surface area contributed by atoms with Gasteiger partial charge in [0.2, 0.25) is 0 Å². The zero-order valence-corrected chi connectivity index (χ0v) is 10.4. The number of hydrogen-bond donors (Lipinski definition) is 2. The average Bonchev–Trinajstić information content (AvgIpc) is 1.99. The lowest BCUT2D eigenvalue weighted by atomic mass is 10.1. The van der Waals surface area contributed by atoms with Crippen LogP contribution in [0, 0.1) is 0 Å². The summed E-state index contributed by atoms with van der Waals surface area (Å²) < 4.78 is 0. The van der Waals surface area contributed by atoms with Crippen molar-refractivity contribution in [2.24, 2.45) is 10.7 Å². The smallest absolute Gasteiger partial charge is 0.189 e. The van der Waals surface area contributed by atoms with Gasteiger partial charge in [0, 0.05) is 12.1 Å². The van der Waals surface area contributed by atoms with Crippen LogP contribution in [0.15, 0.2) is 4.99 Å². The minimum Gasteiger partial charge on any atom is -0.370 e. The Morgan fingerprint density at radius 1 is 1.47 bits per heavy atom. The van der Waals surface area contributed by atoms with Crippen LogP contribution >= 0.6 is 0 Å². The molecule has 1 atom stereocenters. The van der Waals surface area contributed by atoms with Gasteiger partial charge in [0.25, 0.3) is 0 Å². The number of piperidine rings is 1. The number of hydrogen-bond acceptors (Lipinski definition) is 2. The molecule has 1 rings (SSSR count). The van der Waals surface area contributed by atoms with Gasteiger partial charge in [0.15, 0.2) is 5.96 Å². The number of likely N-dealkylation sites (tertiary alicyclic amines) is 1. The molecule has 3 N–H and O–H groups in total. The van der Waals surface area contributed by atoms with Crippen LogP contribution in [0.1, 0.15) is 33.6 Å². The summed E-state index contributed by atoms with van der Waals surface area (Å²) >= 11 is 0. The van der Waals surface area contributed by atoms with Crippen LogP contribution < -0.4 is 11.1 Å². The Morgan fingerprint density at radius 3 is 2.67 bits per heavy atom. The van der Waals surface area contributed by atoms with Gasteiger partial charge in [-0.25, -0.2) is 4.99 Å². The van der Waals surface area contributed by atoms with Crippen molar-refractivity contribution in [1.29, 1.82) is 0 Å². The van der Waals surface area contributed by atoms with Crippen LogP contribution in [0.5, 0.6) is 0 Å². The Hall–Kier alpha value is -0.770. The zero-order chi connectivity index (χ0) is 11.5. The molecule has 0 aliphatic carbocycles. The molecular formula is C11H24N4. The fourth-order valence-corrected chi connectivity index (χ4v) is 1.86. The molecule has 0 radical (unpaired) electrons. The predicted molar refractivity (Wildman–Crippen MR) is 65.0 cm³/mol. The summed E-state index contributed by atoms with van der Waals surface area (Å²) in [5.74, 6) is 0.572. The normalized spacial score (nSPS) is 25.3. The van der Waals surface area contributed by atoms with Crippen molar-refractivity contribution in [2.75, 3.05) is 20.1 Å². The van der Waals surface area contributed by atoms with Gasteiger partial charge in [0.1, 0.15) is 0 Å². The van der Waals surface area contributed by atoms with E-state index in [9.17, 15) is 0 Å². The molecule has 1 saturated heterocycles. The largest absolute Gasteiger partial charge is 0.370 e. The minimum atomic E-state index is -0.00580. The first kappa shape index (κ1) is 12.3. The van der Waals surface area contributed by atoms with E-state index in [0.717, 1.165) is 13.0 Å². The Labute approximate surface area is 92.9 Å². The lowest BCUT2D eigenvalue weighted by molar-refractivity contribution is 0.252. The summed E-state index contributed by atoms with van der Waals surface area (Å²) in [4.78, 5) is 6.82. The van der Waals surface area contributed by atoms with E-state index in [2.05, 4.69) is 43.0 Å². The summed E-state index contributed by atoms with van der Waals surface area (Å²) in [6, 6.07) is 0.360. The quantitative estimate of drug-likeness (QED) is 0.499. The van der Waals surface area contributed by atoms with E-state index in [1.165, 1.54) is 13.0 Å². The maximum atomic E-state index is 5.86. The molecule has 4 nitrogen and oxygen atoms in total. The van der Waals surface area contributed by atoms with E-state index < -0.39 is 0 Å². The van der Waals surface area contributed by atoms with E-state index in [4.69, 9.17) is 5.73 Å². The number of nitrogens with zero attached hydrogens (tertiary/aromatic N) is 2. The van der Waals surface area contributed by atoms with Gasteiger partial charge < -0.3 is 16.0 Å². The van der Waals surface area contributed by atoms with Crippen molar-refractivity contribution in [1.82, 2.24) is 10.2 Å². The van der Waals surface area contributed by atoms with Crippen LogP contribution in [0.3, 0.4) is 0 Å². The summed E-state index contributed by atoms with van der Waals surface area (Å²) in [6.45, 7) is 8.46. The second kappa shape index (κ2) is 4.84. The minimum absolute atomic E-state index is 0.00580. The molecular weight excluding hydrogens is 188 g/mol. The molecule has 0 spiro atoms. The molecule has 15 heavy (non-hydrogen) atoms. The molecule has 0 saturated carbocycles. The van der Waals surface area contributed by atoms with Crippen LogP contribution in [0.4, 0.5) is 0 Å². The Kier molecular flexibility index (Phi) is 3.97. The van der Waals surface area contributed by atoms with Gasteiger partial charge in [-0.2, -0.15) is 0 Å². The van der Waals surface area contributed by atoms with Gasteiger partial charge in [-0.05, 0) is 47.2 Å². The Bertz CT molecular complexity index is 229. The summed E-state index contributed by atoms with van der Waals surface area (Å²) in [5, 5.41) is 3.19. The van der Waals surface area contributed by atoms with Gasteiger partial charge in [0.05, 0.1) is 6.04 Å².